The first-order chi connectivity index (χ1) is 15.0. The Bertz CT molecular complexity index is 1090. The lowest BCUT2D eigenvalue weighted by Crippen LogP contribution is -2.42. The molecule has 2 aromatic rings. The van der Waals surface area contributed by atoms with Gasteiger partial charge in [-0.05, 0) is 81.6 Å². The molecule has 1 aliphatic heterocycles. The lowest BCUT2D eigenvalue weighted by molar-refractivity contribution is -0.137. The topological polar surface area (TPSA) is 87.3 Å². The number of hydrogen-bond donors (Lipinski definition) is 3. The van der Waals surface area contributed by atoms with Crippen molar-refractivity contribution >= 4 is 34.0 Å². The zero-order valence-electron chi connectivity index (χ0n) is 18.2. The largest absolute Gasteiger partial charge is 0.417 e. The van der Waals surface area contributed by atoms with Crippen LogP contribution in [0.3, 0.4) is 0 Å². The molecule has 1 heterocycles. The minimum atomic E-state index is -4.67. The fourth-order valence-electron chi connectivity index (χ4n) is 3.81. The molecule has 1 saturated heterocycles. The number of amides is 1. The summed E-state index contributed by atoms with van der Waals surface area (Å²) in [4.78, 5) is 12.5. The Morgan fingerprint density at radius 1 is 1.12 bits per heavy atom. The number of anilines is 1. The highest BCUT2D eigenvalue weighted by atomic mass is 35.5. The first kappa shape index (κ1) is 27.1. The second-order valence-corrected chi connectivity index (χ2v) is 9.69. The van der Waals surface area contributed by atoms with Gasteiger partial charge in [0.25, 0.3) is 5.91 Å². The van der Waals surface area contributed by atoms with Crippen LogP contribution in [0.15, 0.2) is 47.4 Å². The van der Waals surface area contributed by atoms with Gasteiger partial charge in [-0.3, -0.25) is 4.79 Å². The summed E-state index contributed by atoms with van der Waals surface area (Å²) in [7, 11) is -3.79. The number of hydrogen-bond acceptors (Lipinski definition) is 4. The third-order valence-corrected chi connectivity index (χ3v) is 7.22. The molecule has 1 amide bonds. The van der Waals surface area contributed by atoms with Crippen molar-refractivity contribution in [2.24, 2.45) is 5.92 Å². The van der Waals surface area contributed by atoms with Crippen LogP contribution in [0.2, 0.25) is 0 Å². The predicted molar refractivity (Wildman–Crippen MR) is 123 cm³/mol. The molecule has 0 aromatic heterocycles. The van der Waals surface area contributed by atoms with Crippen LogP contribution in [-0.2, 0) is 16.2 Å². The summed E-state index contributed by atoms with van der Waals surface area (Å²) in [5.74, 6) is -0.686. The molecule has 0 spiro atoms. The van der Waals surface area contributed by atoms with Crippen molar-refractivity contribution in [3.05, 3.63) is 59.2 Å². The van der Waals surface area contributed by atoms with Crippen LogP contribution in [0.1, 0.15) is 41.3 Å². The Balaban J connectivity index is 0.00000385. The van der Waals surface area contributed by atoms with Crippen LogP contribution in [0.5, 0.6) is 0 Å². The van der Waals surface area contributed by atoms with E-state index in [2.05, 4.69) is 15.4 Å². The number of aryl methyl sites for hydroxylation is 1. The molecule has 0 aliphatic carbocycles. The van der Waals surface area contributed by atoms with Gasteiger partial charge >= 0.3 is 6.18 Å². The molecule has 0 radical (unpaired) electrons. The quantitative estimate of drug-likeness (QED) is 0.544. The van der Waals surface area contributed by atoms with Crippen molar-refractivity contribution in [3.8, 4) is 0 Å². The monoisotopic (exact) mass is 505 g/mol. The van der Waals surface area contributed by atoms with Crippen molar-refractivity contribution < 1.29 is 26.4 Å². The maximum absolute atomic E-state index is 13.2. The zero-order chi connectivity index (χ0) is 23.5. The van der Waals surface area contributed by atoms with Gasteiger partial charge in [-0.1, -0.05) is 12.1 Å². The van der Waals surface area contributed by atoms with Crippen LogP contribution in [0.25, 0.3) is 0 Å². The number of piperidine rings is 1. The molecule has 1 atom stereocenters. The van der Waals surface area contributed by atoms with Gasteiger partial charge in [-0.15, -0.1) is 12.4 Å². The number of rotatable bonds is 6. The van der Waals surface area contributed by atoms with E-state index in [1.54, 1.807) is 6.92 Å². The maximum Gasteiger partial charge on any atom is 0.417 e. The average Bonchev–Trinajstić information content (AvgIpc) is 2.74. The molecule has 3 N–H and O–H groups in total. The average molecular weight is 506 g/mol. The molecule has 3 rings (SSSR count). The van der Waals surface area contributed by atoms with E-state index >= 15 is 0 Å². The number of halogens is 4. The van der Waals surface area contributed by atoms with E-state index in [9.17, 15) is 26.4 Å². The van der Waals surface area contributed by atoms with Crippen molar-refractivity contribution in [1.82, 2.24) is 10.0 Å². The molecule has 0 bridgehead atoms. The van der Waals surface area contributed by atoms with Gasteiger partial charge in [-0.2, -0.15) is 13.2 Å². The van der Waals surface area contributed by atoms with E-state index in [1.165, 1.54) is 30.3 Å². The van der Waals surface area contributed by atoms with Gasteiger partial charge < -0.3 is 10.6 Å². The molecule has 11 heteroatoms. The number of nitrogens with one attached hydrogen (secondary N) is 3. The van der Waals surface area contributed by atoms with E-state index in [1.807, 2.05) is 6.92 Å². The van der Waals surface area contributed by atoms with Gasteiger partial charge in [0.15, 0.2) is 0 Å². The van der Waals surface area contributed by atoms with E-state index < -0.39 is 33.2 Å². The Kier molecular flexibility index (Phi) is 8.92. The van der Waals surface area contributed by atoms with Crippen molar-refractivity contribution in [1.29, 1.82) is 0 Å². The van der Waals surface area contributed by atoms with Crippen LogP contribution >= 0.6 is 12.4 Å². The smallest absolute Gasteiger partial charge is 0.322 e. The Morgan fingerprint density at radius 2 is 1.76 bits per heavy atom. The summed E-state index contributed by atoms with van der Waals surface area (Å²) >= 11 is 0. The third-order valence-electron chi connectivity index (χ3n) is 5.67. The fourth-order valence-corrected chi connectivity index (χ4v) is 5.21. The number of carbonyl (C=O) groups excluding carboxylic acids is 1. The van der Waals surface area contributed by atoms with Crippen LogP contribution in [0, 0.1) is 12.8 Å². The van der Waals surface area contributed by atoms with Crippen molar-refractivity contribution in [3.63, 3.8) is 0 Å². The van der Waals surface area contributed by atoms with E-state index in [-0.39, 0.29) is 34.9 Å². The highest BCUT2D eigenvalue weighted by Gasteiger charge is 2.35. The van der Waals surface area contributed by atoms with Gasteiger partial charge in [0.2, 0.25) is 10.0 Å². The van der Waals surface area contributed by atoms with Gasteiger partial charge in [0.1, 0.15) is 0 Å². The van der Waals surface area contributed by atoms with Crippen LogP contribution < -0.4 is 15.4 Å². The van der Waals surface area contributed by atoms with E-state index in [0.717, 1.165) is 38.1 Å². The van der Waals surface area contributed by atoms with Crippen LogP contribution in [-0.4, -0.2) is 33.5 Å². The molecule has 182 valence electrons. The summed E-state index contributed by atoms with van der Waals surface area (Å²) in [5, 5.41) is 5.69. The van der Waals surface area contributed by atoms with Gasteiger partial charge in [0.05, 0.1) is 16.0 Å². The first-order valence-electron chi connectivity index (χ1n) is 10.3. The standard InChI is InChI=1S/C22H26F3N3O3S.ClH/c1-14-13-17(32(30,31)28-15(2)16-9-11-26-12-10-16)7-8-20(14)27-21(29)18-5-3-4-6-19(18)22(23,24)25;/h3-8,13,15-16,26,28H,9-12H2,1-2H3,(H,27,29);1H/t15-;/m1./s1. The summed E-state index contributed by atoms with van der Waals surface area (Å²) < 4.78 is 67.9. The number of carbonyl (C=O) groups is 1. The van der Waals surface area contributed by atoms with E-state index in [4.69, 9.17) is 0 Å². The second kappa shape index (κ2) is 10.9. The lowest BCUT2D eigenvalue weighted by Gasteiger charge is -2.28. The Hall–Kier alpha value is -2.14. The number of sulfonamides is 1. The molecule has 0 saturated carbocycles. The van der Waals surface area contributed by atoms with Crippen molar-refractivity contribution in [2.75, 3.05) is 18.4 Å². The lowest BCUT2D eigenvalue weighted by atomic mass is 9.92. The molecule has 2 aromatic carbocycles. The normalized spacial score (nSPS) is 16.0. The predicted octanol–water partition coefficient (Wildman–Crippen LogP) is 4.35. The first-order valence-corrected chi connectivity index (χ1v) is 11.8. The fraction of sp³-hybridized carbons (Fsp3) is 0.409. The summed E-state index contributed by atoms with van der Waals surface area (Å²) in [6.45, 7) is 5.12. The van der Waals surface area contributed by atoms with Gasteiger partial charge in [-0.25, -0.2) is 13.1 Å². The van der Waals surface area contributed by atoms with Crippen LogP contribution in [0.4, 0.5) is 18.9 Å². The molecule has 0 unspecified atom stereocenters. The maximum atomic E-state index is 13.2. The Morgan fingerprint density at radius 3 is 2.36 bits per heavy atom. The third kappa shape index (κ3) is 6.69. The zero-order valence-corrected chi connectivity index (χ0v) is 19.8. The highest BCUT2D eigenvalue weighted by Crippen LogP contribution is 2.32. The molecule has 1 aliphatic rings. The number of benzene rings is 2. The molecular formula is C22H27ClF3N3O3S. The molecule has 1 fully saturated rings. The summed E-state index contributed by atoms with van der Waals surface area (Å²) in [6, 6.07) is 8.36. The second-order valence-electron chi connectivity index (χ2n) is 7.97. The van der Waals surface area contributed by atoms with Crippen molar-refractivity contribution in [2.45, 2.75) is 43.8 Å². The minimum Gasteiger partial charge on any atom is -0.322 e. The molecule has 6 nitrogen and oxygen atoms in total. The summed E-state index contributed by atoms with van der Waals surface area (Å²) in [5.41, 5.74) is -0.892. The number of alkyl halides is 3. The summed E-state index contributed by atoms with van der Waals surface area (Å²) in [6.07, 6.45) is -2.90. The Labute approximate surface area is 197 Å². The molecular weight excluding hydrogens is 479 g/mol. The minimum absolute atomic E-state index is 0. The highest BCUT2D eigenvalue weighted by molar-refractivity contribution is 7.89. The SMILES string of the molecule is Cc1cc(S(=O)(=O)N[C@H](C)C2CCNCC2)ccc1NC(=O)c1ccccc1C(F)(F)F.Cl. The van der Waals surface area contributed by atoms with E-state index in [0.29, 0.717) is 5.56 Å². The van der Waals surface area contributed by atoms with Gasteiger partial charge in [0, 0.05) is 11.7 Å². The molecule has 33 heavy (non-hydrogen) atoms.